The molecule has 0 aliphatic carbocycles. The standard InChI is InChI=1S/C17H19N9O/c1-25-10-13(12(7-18)23-25)22-17(27)14-9-20-16-5-4-15(24-26(14)16)21-11-3-2-6-19-8-11/h4-5,9-11,19H,2-3,6,8H2,1H3,(H,21,24)(H,22,27)/t11-/m1/s1. The van der Waals surface area contributed by atoms with Crippen LogP contribution in [-0.2, 0) is 7.05 Å². The van der Waals surface area contributed by atoms with E-state index in [1.807, 2.05) is 18.2 Å². The highest BCUT2D eigenvalue weighted by molar-refractivity contribution is 6.03. The van der Waals surface area contributed by atoms with Gasteiger partial charge in [-0.25, -0.2) is 9.50 Å². The lowest BCUT2D eigenvalue weighted by molar-refractivity contribution is 0.102. The topological polar surface area (TPSA) is 125 Å². The van der Waals surface area contributed by atoms with Gasteiger partial charge < -0.3 is 16.0 Å². The molecule has 0 unspecified atom stereocenters. The number of nitriles is 1. The van der Waals surface area contributed by atoms with Crippen LogP contribution in [0.2, 0.25) is 0 Å². The van der Waals surface area contributed by atoms with Crippen LogP contribution in [0, 0.1) is 11.3 Å². The molecule has 0 aromatic carbocycles. The lowest BCUT2D eigenvalue weighted by Crippen LogP contribution is -2.38. The van der Waals surface area contributed by atoms with E-state index in [0.717, 1.165) is 25.9 Å². The van der Waals surface area contributed by atoms with Crippen molar-refractivity contribution in [2.45, 2.75) is 18.9 Å². The molecule has 1 saturated heterocycles. The highest BCUT2D eigenvalue weighted by Crippen LogP contribution is 2.16. The van der Waals surface area contributed by atoms with Crippen molar-refractivity contribution in [1.82, 2.24) is 29.7 Å². The molecule has 1 amide bonds. The second-order valence-electron chi connectivity index (χ2n) is 6.45. The van der Waals surface area contributed by atoms with Gasteiger partial charge in [-0.05, 0) is 31.5 Å². The molecule has 1 aliphatic rings. The number of carbonyl (C=O) groups is 1. The summed E-state index contributed by atoms with van der Waals surface area (Å²) in [6.07, 6.45) is 5.23. The van der Waals surface area contributed by atoms with Crippen LogP contribution in [-0.4, -0.2) is 49.4 Å². The molecule has 10 heteroatoms. The minimum atomic E-state index is -0.406. The van der Waals surface area contributed by atoms with Crippen LogP contribution in [0.4, 0.5) is 11.5 Å². The molecule has 3 aromatic rings. The summed E-state index contributed by atoms with van der Waals surface area (Å²) in [5.74, 6) is 0.276. The first-order chi connectivity index (χ1) is 13.1. The van der Waals surface area contributed by atoms with Crippen molar-refractivity contribution in [2.24, 2.45) is 7.05 Å². The van der Waals surface area contributed by atoms with Crippen LogP contribution in [0.5, 0.6) is 0 Å². The third-order valence-corrected chi connectivity index (χ3v) is 4.43. The SMILES string of the molecule is Cn1cc(NC(=O)c2cnc3ccc(N[C@@H]4CCCNC4)nn23)c(C#N)n1. The number of aryl methyl sites for hydroxylation is 1. The van der Waals surface area contributed by atoms with E-state index in [-0.39, 0.29) is 11.4 Å². The molecule has 0 spiro atoms. The Morgan fingerprint density at radius 3 is 3.07 bits per heavy atom. The second-order valence-corrected chi connectivity index (χ2v) is 6.45. The number of amides is 1. The molecule has 138 valence electrons. The van der Waals surface area contributed by atoms with Gasteiger partial charge in [0.2, 0.25) is 0 Å². The molecule has 4 heterocycles. The molecule has 4 rings (SSSR count). The fourth-order valence-electron chi connectivity index (χ4n) is 3.14. The van der Waals surface area contributed by atoms with Crippen molar-refractivity contribution in [3.05, 3.63) is 35.9 Å². The number of nitrogens with zero attached hydrogens (tertiary/aromatic N) is 6. The summed E-state index contributed by atoms with van der Waals surface area (Å²) in [5.41, 5.74) is 1.35. The Morgan fingerprint density at radius 1 is 1.41 bits per heavy atom. The molecule has 0 radical (unpaired) electrons. The number of carbonyl (C=O) groups excluding carboxylic acids is 1. The highest BCUT2D eigenvalue weighted by Gasteiger charge is 2.18. The van der Waals surface area contributed by atoms with Gasteiger partial charge in [-0.2, -0.15) is 10.4 Å². The van der Waals surface area contributed by atoms with Gasteiger partial charge >= 0.3 is 0 Å². The summed E-state index contributed by atoms with van der Waals surface area (Å²) in [7, 11) is 1.68. The van der Waals surface area contributed by atoms with Gasteiger partial charge in [-0.3, -0.25) is 9.48 Å². The van der Waals surface area contributed by atoms with Crippen LogP contribution in [0.3, 0.4) is 0 Å². The summed E-state index contributed by atoms with van der Waals surface area (Å²) in [6.45, 7) is 1.92. The lowest BCUT2D eigenvalue weighted by atomic mass is 10.1. The third kappa shape index (κ3) is 3.45. The minimum absolute atomic E-state index is 0.153. The molecule has 1 fully saturated rings. The Kier molecular flexibility index (Phi) is 4.43. The Labute approximate surface area is 155 Å². The van der Waals surface area contributed by atoms with Crippen molar-refractivity contribution in [2.75, 3.05) is 23.7 Å². The Balaban J connectivity index is 1.58. The van der Waals surface area contributed by atoms with E-state index in [1.54, 1.807) is 13.2 Å². The molecule has 27 heavy (non-hydrogen) atoms. The fourth-order valence-corrected chi connectivity index (χ4v) is 3.14. The van der Waals surface area contributed by atoms with Gasteiger partial charge in [0.05, 0.1) is 11.9 Å². The largest absolute Gasteiger partial charge is 0.365 e. The van der Waals surface area contributed by atoms with Crippen LogP contribution in [0.1, 0.15) is 29.0 Å². The maximum atomic E-state index is 12.7. The van der Waals surface area contributed by atoms with Gasteiger partial charge in [0, 0.05) is 25.8 Å². The summed E-state index contributed by atoms with van der Waals surface area (Å²) in [5, 5.41) is 27.1. The second kappa shape index (κ2) is 7.05. The summed E-state index contributed by atoms with van der Waals surface area (Å²) >= 11 is 0. The van der Waals surface area contributed by atoms with E-state index in [0.29, 0.717) is 23.2 Å². The normalized spacial score (nSPS) is 16.8. The third-order valence-electron chi connectivity index (χ3n) is 4.43. The van der Waals surface area contributed by atoms with Crippen LogP contribution < -0.4 is 16.0 Å². The van der Waals surface area contributed by atoms with Crippen molar-refractivity contribution < 1.29 is 4.79 Å². The van der Waals surface area contributed by atoms with Gasteiger partial charge in [0.15, 0.2) is 17.0 Å². The average Bonchev–Trinajstić information content (AvgIpc) is 3.25. The molecule has 1 atom stereocenters. The van der Waals surface area contributed by atoms with Gasteiger partial charge in [0.25, 0.3) is 5.91 Å². The smallest absolute Gasteiger partial charge is 0.276 e. The molecule has 3 aromatic heterocycles. The number of fused-ring (bicyclic) bond motifs is 1. The van der Waals surface area contributed by atoms with E-state index < -0.39 is 5.91 Å². The zero-order valence-electron chi connectivity index (χ0n) is 14.8. The van der Waals surface area contributed by atoms with Gasteiger partial charge in [0.1, 0.15) is 11.9 Å². The van der Waals surface area contributed by atoms with E-state index >= 15 is 0 Å². The van der Waals surface area contributed by atoms with Crippen molar-refractivity contribution in [3.63, 3.8) is 0 Å². The maximum Gasteiger partial charge on any atom is 0.276 e. The first-order valence-corrected chi connectivity index (χ1v) is 8.71. The number of nitrogens with one attached hydrogen (secondary N) is 3. The molecule has 3 N–H and O–H groups in total. The van der Waals surface area contributed by atoms with E-state index in [2.05, 4.69) is 31.1 Å². The summed E-state index contributed by atoms with van der Waals surface area (Å²) in [4.78, 5) is 16.9. The Bertz CT molecular complexity index is 1020. The first kappa shape index (κ1) is 17.0. The first-order valence-electron chi connectivity index (χ1n) is 8.71. The van der Waals surface area contributed by atoms with E-state index in [1.165, 1.54) is 15.4 Å². The molecule has 1 aliphatic heterocycles. The lowest BCUT2D eigenvalue weighted by Gasteiger charge is -2.24. The van der Waals surface area contributed by atoms with Crippen LogP contribution in [0.25, 0.3) is 5.65 Å². The minimum Gasteiger partial charge on any atom is -0.365 e. The van der Waals surface area contributed by atoms with Crippen molar-refractivity contribution in [1.29, 1.82) is 5.26 Å². The van der Waals surface area contributed by atoms with Crippen LogP contribution in [0.15, 0.2) is 24.5 Å². The Morgan fingerprint density at radius 2 is 2.30 bits per heavy atom. The fraction of sp³-hybridized carbons (Fsp3) is 0.353. The number of piperidine rings is 1. The summed E-state index contributed by atoms with van der Waals surface area (Å²) < 4.78 is 2.97. The van der Waals surface area contributed by atoms with Gasteiger partial charge in [-0.1, -0.05) is 0 Å². The zero-order valence-corrected chi connectivity index (χ0v) is 14.8. The molecular weight excluding hydrogens is 346 g/mol. The number of hydrogen-bond donors (Lipinski definition) is 3. The molecule has 0 saturated carbocycles. The molecule has 10 nitrogen and oxygen atoms in total. The quantitative estimate of drug-likeness (QED) is 0.623. The average molecular weight is 365 g/mol. The number of rotatable bonds is 4. The number of anilines is 2. The van der Waals surface area contributed by atoms with Crippen LogP contribution >= 0.6 is 0 Å². The number of aromatic nitrogens is 5. The van der Waals surface area contributed by atoms with E-state index in [9.17, 15) is 4.79 Å². The monoisotopic (exact) mass is 365 g/mol. The Hall–Kier alpha value is -3.45. The number of hydrogen-bond acceptors (Lipinski definition) is 7. The number of imidazole rings is 1. The highest BCUT2D eigenvalue weighted by atomic mass is 16.2. The molecule has 0 bridgehead atoms. The van der Waals surface area contributed by atoms with Crippen molar-refractivity contribution >= 4 is 23.1 Å². The summed E-state index contributed by atoms with van der Waals surface area (Å²) in [6, 6.07) is 5.93. The zero-order chi connectivity index (χ0) is 18.8. The maximum absolute atomic E-state index is 12.7. The van der Waals surface area contributed by atoms with Crippen molar-refractivity contribution in [3.8, 4) is 6.07 Å². The predicted octanol–water partition coefficient (Wildman–Crippen LogP) is 0.751. The predicted molar refractivity (Wildman–Crippen MR) is 98.4 cm³/mol. The molecular formula is C17H19N9O. The van der Waals surface area contributed by atoms with E-state index in [4.69, 9.17) is 5.26 Å². The van der Waals surface area contributed by atoms with Gasteiger partial charge in [-0.15, -0.1) is 5.10 Å².